The third kappa shape index (κ3) is 5.25. The zero-order valence-electron chi connectivity index (χ0n) is 18.8. The van der Waals surface area contributed by atoms with E-state index in [0.717, 1.165) is 18.4 Å². The van der Waals surface area contributed by atoms with Crippen molar-refractivity contribution < 1.29 is 17.9 Å². The second kappa shape index (κ2) is 8.96. The van der Waals surface area contributed by atoms with E-state index in [1.54, 1.807) is 68.7 Å². The van der Waals surface area contributed by atoms with E-state index in [-0.39, 0.29) is 4.90 Å². The van der Waals surface area contributed by atoms with Gasteiger partial charge in [0.2, 0.25) is 10.0 Å². The highest BCUT2D eigenvalue weighted by Crippen LogP contribution is 2.38. The summed E-state index contributed by atoms with van der Waals surface area (Å²) < 4.78 is 34.0. The summed E-state index contributed by atoms with van der Waals surface area (Å²) >= 11 is 0. The lowest BCUT2D eigenvalue weighted by atomic mass is 9.97. The van der Waals surface area contributed by atoms with Crippen molar-refractivity contribution in [2.75, 3.05) is 18.5 Å². The van der Waals surface area contributed by atoms with Crippen LogP contribution in [-0.2, 0) is 14.8 Å². The summed E-state index contributed by atoms with van der Waals surface area (Å²) in [6.07, 6.45) is 3.41. The van der Waals surface area contributed by atoms with Gasteiger partial charge in [0.1, 0.15) is 11.4 Å². The Labute approximate surface area is 185 Å². The van der Waals surface area contributed by atoms with Crippen LogP contribution in [0.2, 0.25) is 0 Å². The van der Waals surface area contributed by atoms with E-state index in [1.165, 1.54) is 4.90 Å². The molecule has 31 heavy (non-hydrogen) atoms. The molecule has 0 aliphatic carbocycles. The predicted molar refractivity (Wildman–Crippen MR) is 121 cm³/mol. The summed E-state index contributed by atoms with van der Waals surface area (Å²) in [4.78, 5) is 18.7. The summed E-state index contributed by atoms with van der Waals surface area (Å²) in [6.45, 7) is 7.75. The lowest BCUT2D eigenvalue weighted by Gasteiger charge is -2.36. The summed E-state index contributed by atoms with van der Waals surface area (Å²) in [5, 5.41) is 0. The third-order valence-corrected chi connectivity index (χ3v) is 7.16. The number of sulfonamides is 1. The van der Waals surface area contributed by atoms with Crippen molar-refractivity contribution in [2.45, 2.75) is 63.5 Å². The van der Waals surface area contributed by atoms with Crippen LogP contribution in [0.25, 0.3) is 0 Å². The molecule has 1 aromatic carbocycles. The molecule has 1 aliphatic heterocycles. The molecule has 1 fully saturated rings. The number of piperidine rings is 1. The van der Waals surface area contributed by atoms with Crippen molar-refractivity contribution in [3.8, 4) is 0 Å². The minimum absolute atomic E-state index is 0.274. The van der Waals surface area contributed by atoms with Crippen LogP contribution in [-0.4, -0.2) is 43.0 Å². The molecule has 1 atom stereocenters. The molecule has 0 bridgehead atoms. The molecular weight excluding hydrogens is 414 g/mol. The van der Waals surface area contributed by atoms with Crippen LogP contribution >= 0.6 is 0 Å². The highest BCUT2D eigenvalue weighted by Gasteiger charge is 2.37. The lowest BCUT2D eigenvalue weighted by Crippen LogP contribution is -2.40. The minimum atomic E-state index is -3.70. The number of amides is 1. The van der Waals surface area contributed by atoms with Crippen LogP contribution < -0.4 is 4.90 Å². The molecule has 1 amide bonds. The zero-order valence-corrected chi connectivity index (χ0v) is 19.6. The molecule has 0 N–H and O–H groups in total. The Bertz CT molecular complexity index is 1030. The van der Waals surface area contributed by atoms with Crippen LogP contribution in [0.5, 0.6) is 0 Å². The van der Waals surface area contributed by atoms with Crippen LogP contribution in [0.4, 0.5) is 10.6 Å². The number of hydrogen-bond acceptors (Lipinski definition) is 5. The maximum absolute atomic E-state index is 13.5. The first-order valence-corrected chi connectivity index (χ1v) is 11.9. The number of hydrogen-bond donors (Lipinski definition) is 0. The fourth-order valence-corrected chi connectivity index (χ4v) is 5.39. The van der Waals surface area contributed by atoms with Gasteiger partial charge < -0.3 is 4.74 Å². The molecule has 1 aromatic heterocycles. The van der Waals surface area contributed by atoms with Crippen molar-refractivity contribution in [3.63, 3.8) is 0 Å². The number of pyridine rings is 1. The molecule has 1 saturated heterocycles. The van der Waals surface area contributed by atoms with Crippen molar-refractivity contribution in [2.24, 2.45) is 0 Å². The minimum Gasteiger partial charge on any atom is -0.443 e. The van der Waals surface area contributed by atoms with E-state index in [1.807, 2.05) is 13.0 Å². The first-order chi connectivity index (χ1) is 14.5. The Kier molecular flexibility index (Phi) is 6.71. The van der Waals surface area contributed by atoms with Gasteiger partial charge in [-0.3, -0.25) is 4.90 Å². The zero-order chi connectivity index (χ0) is 22.8. The number of ether oxygens (including phenoxy) is 1. The monoisotopic (exact) mass is 445 g/mol. The Morgan fingerprint density at radius 1 is 1.16 bits per heavy atom. The van der Waals surface area contributed by atoms with Crippen molar-refractivity contribution in [1.29, 1.82) is 0 Å². The Morgan fingerprint density at radius 3 is 2.48 bits per heavy atom. The quantitative estimate of drug-likeness (QED) is 0.683. The molecular formula is C23H31N3O4S. The van der Waals surface area contributed by atoms with Gasteiger partial charge in [-0.05, 0) is 58.7 Å². The first-order valence-electron chi connectivity index (χ1n) is 10.5. The van der Waals surface area contributed by atoms with Crippen LogP contribution in [0.3, 0.4) is 0 Å². The second-order valence-electron chi connectivity index (χ2n) is 8.90. The van der Waals surface area contributed by atoms with Crippen LogP contribution in [0.15, 0.2) is 47.5 Å². The summed E-state index contributed by atoms with van der Waals surface area (Å²) in [5.74, 6) is 0.410. The van der Waals surface area contributed by atoms with Gasteiger partial charge in [0.25, 0.3) is 0 Å². The van der Waals surface area contributed by atoms with Gasteiger partial charge in [-0.2, -0.15) is 4.31 Å². The molecule has 1 aliphatic rings. The highest BCUT2D eigenvalue weighted by atomic mass is 32.2. The maximum Gasteiger partial charge on any atom is 0.415 e. The molecule has 0 unspecified atom stereocenters. The molecule has 8 heteroatoms. The van der Waals surface area contributed by atoms with Crippen LogP contribution in [0.1, 0.15) is 57.2 Å². The van der Waals surface area contributed by atoms with E-state index in [4.69, 9.17) is 4.74 Å². The van der Waals surface area contributed by atoms with Gasteiger partial charge in [0, 0.05) is 25.4 Å². The fourth-order valence-electron chi connectivity index (χ4n) is 3.72. The van der Waals surface area contributed by atoms with E-state index in [9.17, 15) is 13.2 Å². The average Bonchev–Trinajstić information content (AvgIpc) is 2.72. The third-order valence-electron chi connectivity index (χ3n) is 5.24. The number of aryl methyl sites for hydroxylation is 1. The lowest BCUT2D eigenvalue weighted by molar-refractivity contribution is 0.0587. The highest BCUT2D eigenvalue weighted by molar-refractivity contribution is 7.89. The topological polar surface area (TPSA) is 79.8 Å². The molecule has 3 rings (SSSR count). The number of carbonyl (C=O) groups is 1. The van der Waals surface area contributed by atoms with Gasteiger partial charge in [-0.15, -0.1) is 0 Å². The molecule has 168 valence electrons. The van der Waals surface area contributed by atoms with Gasteiger partial charge in [-0.25, -0.2) is 18.2 Å². The Morgan fingerprint density at radius 2 is 1.84 bits per heavy atom. The summed E-state index contributed by atoms with van der Waals surface area (Å²) in [7, 11) is -2.10. The number of anilines is 1. The summed E-state index contributed by atoms with van der Waals surface area (Å²) in [5.41, 5.74) is 1.06. The smallest absolute Gasteiger partial charge is 0.415 e. The normalized spacial score (nSPS) is 17.9. The average molecular weight is 446 g/mol. The van der Waals surface area contributed by atoms with Crippen molar-refractivity contribution in [1.82, 2.24) is 9.29 Å². The SMILES string of the molecule is Cc1ccc(S(=O)(=O)N2CCCC[C@@H]2c2cccnc2N(C)C(=O)OC(C)(C)C)cc1. The van der Waals surface area contributed by atoms with E-state index in [2.05, 4.69) is 4.98 Å². The Hall–Kier alpha value is -2.45. The number of benzene rings is 1. The molecule has 2 aromatic rings. The number of rotatable bonds is 4. The van der Waals surface area contributed by atoms with E-state index < -0.39 is 27.8 Å². The standard InChI is InChI=1S/C23H31N3O4S/c1-17-11-13-18(14-12-17)31(28,29)26-16-7-6-10-20(26)19-9-8-15-24-21(19)25(5)22(27)30-23(2,3)4/h8-9,11-15,20H,6-7,10,16H2,1-5H3/t20-/m1/s1. The predicted octanol–water partition coefficient (Wildman–Crippen LogP) is 4.68. The van der Waals surface area contributed by atoms with Crippen LogP contribution in [0, 0.1) is 6.92 Å². The van der Waals surface area contributed by atoms with E-state index in [0.29, 0.717) is 24.3 Å². The number of carbonyl (C=O) groups excluding carboxylic acids is 1. The van der Waals surface area contributed by atoms with Gasteiger partial charge >= 0.3 is 6.09 Å². The Balaban J connectivity index is 1.99. The molecule has 2 heterocycles. The van der Waals surface area contributed by atoms with Crippen molar-refractivity contribution in [3.05, 3.63) is 53.7 Å². The number of nitrogens with zero attached hydrogens (tertiary/aromatic N) is 3. The van der Waals surface area contributed by atoms with E-state index >= 15 is 0 Å². The largest absolute Gasteiger partial charge is 0.443 e. The summed E-state index contributed by atoms with van der Waals surface area (Å²) in [6, 6.07) is 10.1. The molecule has 7 nitrogen and oxygen atoms in total. The van der Waals surface area contributed by atoms with Crippen molar-refractivity contribution >= 4 is 21.9 Å². The number of aromatic nitrogens is 1. The second-order valence-corrected chi connectivity index (χ2v) is 10.8. The fraction of sp³-hybridized carbons (Fsp3) is 0.478. The van der Waals surface area contributed by atoms with Gasteiger partial charge in [0.05, 0.1) is 10.9 Å². The van der Waals surface area contributed by atoms with Gasteiger partial charge in [-0.1, -0.05) is 30.2 Å². The molecule has 0 saturated carbocycles. The maximum atomic E-state index is 13.5. The first kappa shape index (κ1) is 23.2. The molecule has 0 radical (unpaired) electrons. The molecule has 0 spiro atoms. The van der Waals surface area contributed by atoms with Gasteiger partial charge in [0.15, 0.2) is 0 Å².